The zero-order chi connectivity index (χ0) is 26.2. The van der Waals surface area contributed by atoms with Gasteiger partial charge in [0.05, 0.1) is 15.4 Å². The summed E-state index contributed by atoms with van der Waals surface area (Å²) in [5.74, 6) is 0.576. The van der Waals surface area contributed by atoms with Crippen LogP contribution < -0.4 is 10.0 Å². The predicted octanol–water partition coefficient (Wildman–Crippen LogP) is 5.03. The van der Waals surface area contributed by atoms with Crippen molar-refractivity contribution < 1.29 is 8.42 Å². The summed E-state index contributed by atoms with van der Waals surface area (Å²) in [6.07, 6.45) is 5.31. The van der Waals surface area contributed by atoms with Gasteiger partial charge in [-0.15, -0.1) is 0 Å². The highest BCUT2D eigenvalue weighted by Crippen LogP contribution is 2.31. The molecule has 5 rings (SSSR count). The molecule has 2 aromatic carbocycles. The molecule has 1 aliphatic rings. The van der Waals surface area contributed by atoms with E-state index in [9.17, 15) is 8.42 Å². The summed E-state index contributed by atoms with van der Waals surface area (Å²) >= 11 is 12.1. The Labute approximate surface area is 225 Å². The Morgan fingerprint density at radius 3 is 2.62 bits per heavy atom. The monoisotopic (exact) mass is 559 g/mol. The fourth-order valence-electron chi connectivity index (χ4n) is 4.63. The van der Waals surface area contributed by atoms with E-state index in [4.69, 9.17) is 23.2 Å². The van der Waals surface area contributed by atoms with Crippen molar-refractivity contribution in [1.82, 2.24) is 24.6 Å². The Morgan fingerprint density at radius 1 is 1.11 bits per heavy atom. The Kier molecular flexibility index (Phi) is 7.26. The van der Waals surface area contributed by atoms with Gasteiger partial charge in [-0.1, -0.05) is 41.4 Å². The van der Waals surface area contributed by atoms with Crippen molar-refractivity contribution in [1.29, 1.82) is 0 Å². The van der Waals surface area contributed by atoms with E-state index in [1.165, 1.54) is 31.0 Å². The average molecular weight is 561 g/mol. The maximum absolute atomic E-state index is 12.8. The Bertz CT molecular complexity index is 1540. The molecule has 9 nitrogen and oxygen atoms in total. The third kappa shape index (κ3) is 5.38. The van der Waals surface area contributed by atoms with Crippen LogP contribution >= 0.6 is 23.2 Å². The van der Waals surface area contributed by atoms with Crippen molar-refractivity contribution >= 4 is 55.9 Å². The van der Waals surface area contributed by atoms with Crippen molar-refractivity contribution in [2.75, 3.05) is 30.2 Å². The average Bonchev–Trinajstić information content (AvgIpc) is 3.43. The minimum Gasteiger partial charge on any atom is -0.354 e. The van der Waals surface area contributed by atoms with Crippen LogP contribution in [0, 0.1) is 0 Å². The first-order chi connectivity index (χ1) is 17.7. The molecule has 1 aliphatic heterocycles. The highest BCUT2D eigenvalue weighted by Gasteiger charge is 2.21. The molecule has 194 valence electrons. The summed E-state index contributed by atoms with van der Waals surface area (Å²) in [6.45, 7) is 1.97. The zero-order valence-corrected chi connectivity index (χ0v) is 22.8. The lowest BCUT2D eigenvalue weighted by molar-refractivity contribution is 0.301. The summed E-state index contributed by atoms with van der Waals surface area (Å²) in [5, 5.41) is 8.93. The smallest absolute Gasteiger partial charge is 0.263 e. The maximum atomic E-state index is 12.8. The number of benzene rings is 2. The van der Waals surface area contributed by atoms with Crippen molar-refractivity contribution in [3.05, 3.63) is 58.7 Å². The van der Waals surface area contributed by atoms with Crippen molar-refractivity contribution in [3.8, 4) is 11.3 Å². The number of sulfonamides is 1. The number of nitrogens with one attached hydrogen (secondary N) is 2. The van der Waals surface area contributed by atoms with Crippen LogP contribution in [0.15, 0.2) is 53.6 Å². The van der Waals surface area contributed by atoms with E-state index in [2.05, 4.69) is 37.1 Å². The first kappa shape index (κ1) is 25.7. The number of hydrogen-bond acceptors (Lipinski definition) is 7. The van der Waals surface area contributed by atoms with Crippen LogP contribution in [0.4, 0.5) is 11.6 Å². The van der Waals surface area contributed by atoms with E-state index in [0.29, 0.717) is 29.0 Å². The number of nitrogens with zero attached hydrogens (tertiary/aromatic N) is 5. The van der Waals surface area contributed by atoms with Crippen molar-refractivity contribution in [2.24, 2.45) is 7.05 Å². The SMILES string of the molecule is CN1CCCC1CCNc1ncc2c(-c3ccc(NS(=O)(=O)c4cccc(Cl)c4Cl)cc3)nn(C)c2n1. The molecule has 0 saturated carbocycles. The summed E-state index contributed by atoms with van der Waals surface area (Å²) in [6, 6.07) is 12.0. The number of halogens is 2. The number of aryl methyl sites for hydroxylation is 1. The van der Waals surface area contributed by atoms with E-state index in [1.807, 2.05) is 7.05 Å². The molecule has 1 fully saturated rings. The Hall–Kier alpha value is -2.92. The highest BCUT2D eigenvalue weighted by atomic mass is 35.5. The molecule has 37 heavy (non-hydrogen) atoms. The Balaban J connectivity index is 1.31. The number of fused-ring (bicyclic) bond motifs is 1. The van der Waals surface area contributed by atoms with Crippen LogP contribution in [0.3, 0.4) is 0 Å². The van der Waals surface area contributed by atoms with Gasteiger partial charge in [0.15, 0.2) is 5.65 Å². The number of hydrogen-bond donors (Lipinski definition) is 2. The van der Waals surface area contributed by atoms with Crippen LogP contribution in [-0.4, -0.2) is 59.2 Å². The first-order valence-corrected chi connectivity index (χ1v) is 14.2. The normalized spacial score (nSPS) is 16.4. The Morgan fingerprint density at radius 2 is 1.89 bits per heavy atom. The third-order valence-corrected chi connectivity index (χ3v) is 8.98. The number of anilines is 2. The number of likely N-dealkylation sites (tertiary alicyclic amines) is 1. The summed E-state index contributed by atoms with van der Waals surface area (Å²) in [7, 11) is 0.104. The van der Waals surface area contributed by atoms with Crippen LogP contribution in [-0.2, 0) is 17.1 Å². The van der Waals surface area contributed by atoms with Gasteiger partial charge >= 0.3 is 0 Å². The van der Waals surface area contributed by atoms with Crippen LogP contribution in [0.1, 0.15) is 19.3 Å². The van der Waals surface area contributed by atoms with Crippen LogP contribution in [0.25, 0.3) is 22.3 Å². The largest absolute Gasteiger partial charge is 0.354 e. The minimum atomic E-state index is -3.91. The fraction of sp³-hybridized carbons (Fsp3) is 0.320. The van der Waals surface area contributed by atoms with Crippen LogP contribution in [0.5, 0.6) is 0 Å². The molecule has 0 amide bonds. The van der Waals surface area contributed by atoms with Gasteiger partial charge < -0.3 is 10.2 Å². The molecule has 0 spiro atoms. The van der Waals surface area contributed by atoms with Gasteiger partial charge in [0.2, 0.25) is 5.95 Å². The van der Waals surface area contributed by atoms with Crippen LogP contribution in [0.2, 0.25) is 10.0 Å². The molecule has 12 heteroatoms. The molecule has 1 unspecified atom stereocenters. The summed E-state index contributed by atoms with van der Waals surface area (Å²) in [5.41, 5.74) is 2.62. The minimum absolute atomic E-state index is 0.0204. The highest BCUT2D eigenvalue weighted by molar-refractivity contribution is 7.92. The lowest BCUT2D eigenvalue weighted by Crippen LogP contribution is -2.27. The lowest BCUT2D eigenvalue weighted by atomic mass is 10.1. The quantitative estimate of drug-likeness (QED) is 0.311. The molecule has 0 radical (unpaired) electrons. The van der Waals surface area contributed by atoms with Crippen molar-refractivity contribution in [2.45, 2.75) is 30.2 Å². The molecule has 1 atom stereocenters. The van der Waals surface area contributed by atoms with E-state index >= 15 is 0 Å². The zero-order valence-electron chi connectivity index (χ0n) is 20.4. The molecule has 2 N–H and O–H groups in total. The van der Waals surface area contributed by atoms with E-state index in [-0.39, 0.29) is 14.9 Å². The predicted molar refractivity (Wildman–Crippen MR) is 148 cm³/mol. The molecule has 4 aromatic rings. The van der Waals surface area contributed by atoms with Gasteiger partial charge in [0, 0.05) is 37.1 Å². The molecule has 3 heterocycles. The maximum Gasteiger partial charge on any atom is 0.263 e. The molecular formula is C25H27Cl2N7O2S. The molecule has 0 aliphatic carbocycles. The second kappa shape index (κ2) is 10.4. The van der Waals surface area contributed by atoms with E-state index < -0.39 is 10.0 Å². The van der Waals surface area contributed by atoms with Gasteiger partial charge in [-0.05, 0) is 57.1 Å². The van der Waals surface area contributed by atoms with Gasteiger partial charge in [0.1, 0.15) is 10.6 Å². The fourth-order valence-corrected chi connectivity index (χ4v) is 6.45. The van der Waals surface area contributed by atoms with Gasteiger partial charge in [0.25, 0.3) is 10.0 Å². The molecule has 1 saturated heterocycles. The van der Waals surface area contributed by atoms with E-state index in [1.54, 1.807) is 35.1 Å². The van der Waals surface area contributed by atoms with E-state index in [0.717, 1.165) is 30.5 Å². The molecule has 2 aromatic heterocycles. The second-order valence-corrected chi connectivity index (χ2v) is 11.6. The summed E-state index contributed by atoms with van der Waals surface area (Å²) in [4.78, 5) is 11.5. The lowest BCUT2D eigenvalue weighted by Gasteiger charge is -2.19. The number of rotatable bonds is 8. The standard InChI is InChI=1S/C25H27Cl2N7O2S/c1-33-14-4-5-18(33)12-13-28-25-29-15-19-23(31-34(2)24(19)30-25)16-8-10-17(11-9-16)32-37(35,36)21-7-3-6-20(26)22(21)27/h3,6-11,15,18,32H,4-5,12-14H2,1-2H3,(H,28,29,30). The summed E-state index contributed by atoms with van der Waals surface area (Å²) < 4.78 is 29.9. The number of aromatic nitrogens is 4. The molecular weight excluding hydrogens is 533 g/mol. The van der Waals surface area contributed by atoms with Gasteiger partial charge in [-0.2, -0.15) is 10.1 Å². The van der Waals surface area contributed by atoms with Crippen molar-refractivity contribution in [3.63, 3.8) is 0 Å². The third-order valence-electron chi connectivity index (χ3n) is 6.63. The topological polar surface area (TPSA) is 105 Å². The second-order valence-electron chi connectivity index (χ2n) is 9.13. The first-order valence-electron chi connectivity index (χ1n) is 11.9. The van der Waals surface area contributed by atoms with Gasteiger partial charge in [-0.3, -0.25) is 4.72 Å². The molecule has 0 bridgehead atoms. The van der Waals surface area contributed by atoms with Gasteiger partial charge in [-0.25, -0.2) is 18.1 Å².